The molecule has 3 rings (SSSR count). The molecule has 2 heterocycles. The molecule has 2 aliphatic rings. The number of anilines is 1. The van der Waals surface area contributed by atoms with Crippen molar-refractivity contribution >= 4 is 11.8 Å². The number of hydrogen-bond acceptors (Lipinski definition) is 6. The lowest BCUT2D eigenvalue weighted by molar-refractivity contribution is 0.0527. The van der Waals surface area contributed by atoms with Crippen molar-refractivity contribution in [2.75, 3.05) is 32.2 Å². The average Bonchev–Trinajstić information content (AvgIpc) is 2.68. The number of rotatable bonds is 5. The van der Waals surface area contributed by atoms with Gasteiger partial charge >= 0.3 is 5.97 Å². The van der Waals surface area contributed by atoms with E-state index in [1.54, 1.807) is 13.3 Å². The van der Waals surface area contributed by atoms with Crippen molar-refractivity contribution in [3.8, 4) is 0 Å². The maximum Gasteiger partial charge on any atom is 0.341 e. The third kappa shape index (κ3) is 4.35. The van der Waals surface area contributed by atoms with Gasteiger partial charge in [-0.05, 0) is 37.8 Å². The van der Waals surface area contributed by atoms with Crippen LogP contribution >= 0.6 is 0 Å². The summed E-state index contributed by atoms with van der Waals surface area (Å²) in [5.74, 6) is 0.355. The van der Waals surface area contributed by atoms with Crippen LogP contribution in [0.25, 0.3) is 0 Å². The highest BCUT2D eigenvalue weighted by molar-refractivity contribution is 5.95. The summed E-state index contributed by atoms with van der Waals surface area (Å²) in [5.41, 5.74) is 1.48. The summed E-state index contributed by atoms with van der Waals surface area (Å²) < 4.78 is 10.7. The summed E-state index contributed by atoms with van der Waals surface area (Å²) in [6.07, 6.45) is 9.40. The van der Waals surface area contributed by atoms with Crippen LogP contribution in [0.2, 0.25) is 0 Å². The van der Waals surface area contributed by atoms with E-state index in [0.29, 0.717) is 23.5 Å². The first kappa shape index (κ1) is 19.1. The molecule has 26 heavy (non-hydrogen) atoms. The summed E-state index contributed by atoms with van der Waals surface area (Å²) in [5, 5.41) is 3.82. The fraction of sp³-hybridized carbons (Fsp3) is 0.700. The second-order valence-electron chi connectivity index (χ2n) is 7.49. The Morgan fingerprint density at radius 3 is 2.69 bits per heavy atom. The Bertz CT molecular complexity index is 616. The van der Waals surface area contributed by atoms with Crippen molar-refractivity contribution in [1.82, 2.24) is 10.3 Å². The number of aryl methyl sites for hydroxylation is 1. The molecule has 6 heteroatoms. The van der Waals surface area contributed by atoms with E-state index in [-0.39, 0.29) is 12.1 Å². The molecule has 1 aliphatic carbocycles. The van der Waals surface area contributed by atoms with Crippen molar-refractivity contribution in [2.45, 2.75) is 63.6 Å². The van der Waals surface area contributed by atoms with E-state index in [9.17, 15) is 4.79 Å². The molecule has 0 amide bonds. The summed E-state index contributed by atoms with van der Waals surface area (Å²) in [7, 11) is 3.18. The number of ether oxygens (including phenoxy) is 2. The van der Waals surface area contributed by atoms with E-state index in [0.717, 1.165) is 25.1 Å². The Morgan fingerprint density at radius 1 is 1.23 bits per heavy atom. The van der Waals surface area contributed by atoms with E-state index in [2.05, 4.69) is 15.2 Å². The van der Waals surface area contributed by atoms with Gasteiger partial charge in [-0.25, -0.2) is 9.78 Å². The molecule has 1 aromatic heterocycles. The maximum atomic E-state index is 12.2. The molecule has 2 unspecified atom stereocenters. The highest BCUT2D eigenvalue weighted by Crippen LogP contribution is 2.26. The minimum atomic E-state index is -0.340. The number of nitrogens with one attached hydrogen (secondary N) is 1. The molecule has 0 bridgehead atoms. The zero-order chi connectivity index (χ0) is 18.5. The largest absolute Gasteiger partial charge is 0.465 e. The van der Waals surface area contributed by atoms with Gasteiger partial charge in [0.1, 0.15) is 11.4 Å². The van der Waals surface area contributed by atoms with Gasteiger partial charge in [-0.1, -0.05) is 19.3 Å². The Labute approximate surface area is 156 Å². The molecule has 1 saturated heterocycles. The van der Waals surface area contributed by atoms with E-state index >= 15 is 0 Å². The molecule has 1 aliphatic heterocycles. The highest BCUT2D eigenvalue weighted by atomic mass is 16.5. The van der Waals surface area contributed by atoms with Gasteiger partial charge in [-0.2, -0.15) is 0 Å². The van der Waals surface area contributed by atoms with Crippen LogP contribution in [0, 0.1) is 6.92 Å². The number of nitrogens with zero attached hydrogens (tertiary/aromatic N) is 2. The van der Waals surface area contributed by atoms with Crippen LogP contribution < -0.4 is 10.2 Å². The molecule has 144 valence electrons. The molecule has 1 aromatic rings. The lowest BCUT2D eigenvalue weighted by Gasteiger charge is -2.41. The molecule has 0 radical (unpaired) electrons. The normalized spacial score (nSPS) is 24.5. The first-order valence-electron chi connectivity index (χ1n) is 9.71. The Balaban J connectivity index is 1.71. The number of methoxy groups -OCH3 is 2. The third-order valence-electron chi connectivity index (χ3n) is 5.63. The van der Waals surface area contributed by atoms with Gasteiger partial charge < -0.3 is 19.7 Å². The van der Waals surface area contributed by atoms with Gasteiger partial charge in [0.05, 0.1) is 13.2 Å². The molecule has 0 aromatic carbocycles. The first-order valence-corrected chi connectivity index (χ1v) is 9.71. The first-order chi connectivity index (χ1) is 12.6. The number of aromatic nitrogens is 1. The van der Waals surface area contributed by atoms with Crippen LogP contribution in [0.1, 0.15) is 54.4 Å². The molecular weight excluding hydrogens is 330 g/mol. The molecule has 6 nitrogen and oxygen atoms in total. The molecule has 1 saturated carbocycles. The van der Waals surface area contributed by atoms with Gasteiger partial charge in [0.2, 0.25) is 0 Å². The van der Waals surface area contributed by atoms with Crippen molar-refractivity contribution in [3.05, 3.63) is 23.4 Å². The number of piperidine rings is 1. The van der Waals surface area contributed by atoms with Crippen molar-refractivity contribution in [2.24, 2.45) is 0 Å². The van der Waals surface area contributed by atoms with Crippen molar-refractivity contribution in [1.29, 1.82) is 0 Å². The Kier molecular flexibility index (Phi) is 6.48. The van der Waals surface area contributed by atoms with E-state index in [1.165, 1.54) is 39.2 Å². The second-order valence-corrected chi connectivity index (χ2v) is 7.49. The maximum absolute atomic E-state index is 12.2. The van der Waals surface area contributed by atoms with Crippen LogP contribution in [0.5, 0.6) is 0 Å². The average molecular weight is 361 g/mol. The summed E-state index contributed by atoms with van der Waals surface area (Å²) in [6, 6.07) is 2.81. The van der Waals surface area contributed by atoms with Crippen molar-refractivity contribution in [3.63, 3.8) is 0 Å². The minimum absolute atomic E-state index is 0.0827. The van der Waals surface area contributed by atoms with E-state index < -0.39 is 0 Å². The monoisotopic (exact) mass is 361 g/mol. The predicted molar refractivity (Wildman–Crippen MR) is 102 cm³/mol. The van der Waals surface area contributed by atoms with Crippen LogP contribution in [-0.4, -0.2) is 56.5 Å². The Hall–Kier alpha value is -1.66. The second kappa shape index (κ2) is 8.82. The van der Waals surface area contributed by atoms with Crippen LogP contribution in [0.3, 0.4) is 0 Å². The summed E-state index contributed by atoms with van der Waals surface area (Å²) in [6.45, 7) is 3.51. The lowest BCUT2D eigenvalue weighted by atomic mass is 9.92. The van der Waals surface area contributed by atoms with Gasteiger partial charge in [0, 0.05) is 38.5 Å². The number of hydrogen-bond donors (Lipinski definition) is 1. The SMILES string of the molecule is COC(=O)c1cc(C)cnc1N1CCC(NC2CCCCC2)C(OC)C1. The molecule has 2 atom stereocenters. The Morgan fingerprint density at radius 2 is 2.00 bits per heavy atom. The zero-order valence-electron chi connectivity index (χ0n) is 16.2. The number of pyridine rings is 1. The third-order valence-corrected chi connectivity index (χ3v) is 5.63. The standard InChI is InChI=1S/C20H31N3O3/c1-14-11-16(20(24)26-3)19(21-12-14)23-10-9-17(18(13-23)25-2)22-15-7-5-4-6-8-15/h11-12,15,17-18,22H,4-10,13H2,1-3H3. The van der Waals surface area contributed by atoms with Crippen molar-refractivity contribution < 1.29 is 14.3 Å². The van der Waals surface area contributed by atoms with Gasteiger partial charge in [-0.3, -0.25) is 0 Å². The fourth-order valence-corrected chi connectivity index (χ4v) is 4.18. The van der Waals surface area contributed by atoms with E-state index in [1.807, 2.05) is 13.0 Å². The van der Waals surface area contributed by atoms with Gasteiger partial charge in [0.15, 0.2) is 0 Å². The number of esters is 1. The van der Waals surface area contributed by atoms with Gasteiger partial charge in [0.25, 0.3) is 0 Å². The molecular formula is C20H31N3O3. The van der Waals surface area contributed by atoms with Gasteiger partial charge in [-0.15, -0.1) is 0 Å². The zero-order valence-corrected chi connectivity index (χ0v) is 16.2. The lowest BCUT2D eigenvalue weighted by Crippen LogP contribution is -2.56. The smallest absolute Gasteiger partial charge is 0.341 e. The quantitative estimate of drug-likeness (QED) is 0.814. The summed E-state index contributed by atoms with van der Waals surface area (Å²) >= 11 is 0. The number of carbonyl (C=O) groups is 1. The molecule has 2 fully saturated rings. The van der Waals surface area contributed by atoms with Crippen LogP contribution in [-0.2, 0) is 9.47 Å². The minimum Gasteiger partial charge on any atom is -0.465 e. The number of carbonyl (C=O) groups excluding carboxylic acids is 1. The van der Waals surface area contributed by atoms with E-state index in [4.69, 9.17) is 9.47 Å². The topological polar surface area (TPSA) is 63.7 Å². The van der Waals surface area contributed by atoms with Crippen LogP contribution in [0.4, 0.5) is 5.82 Å². The summed E-state index contributed by atoms with van der Waals surface area (Å²) in [4.78, 5) is 18.9. The molecule has 0 spiro atoms. The fourth-order valence-electron chi connectivity index (χ4n) is 4.18. The highest BCUT2D eigenvalue weighted by Gasteiger charge is 2.33. The predicted octanol–water partition coefficient (Wildman–Crippen LogP) is 2.69. The van der Waals surface area contributed by atoms with Crippen LogP contribution in [0.15, 0.2) is 12.3 Å². The molecule has 1 N–H and O–H groups in total.